The highest BCUT2D eigenvalue weighted by Crippen LogP contribution is 2.53. The van der Waals surface area contributed by atoms with Crippen LogP contribution < -0.4 is 0 Å². The highest BCUT2D eigenvalue weighted by atomic mass is 16.3. The van der Waals surface area contributed by atoms with Gasteiger partial charge >= 0.3 is 0 Å². The lowest BCUT2D eigenvalue weighted by atomic mass is 9.81. The Kier molecular flexibility index (Phi) is 7.58. The lowest BCUT2D eigenvalue weighted by molar-refractivity contribution is 0.661. The van der Waals surface area contributed by atoms with E-state index in [1.54, 1.807) is 0 Å². The molecule has 3 heteroatoms. The average molecular weight is 767 g/mol. The Morgan fingerprint density at radius 3 is 1.87 bits per heavy atom. The maximum absolute atomic E-state index is 6.40. The number of para-hydroxylation sites is 2. The van der Waals surface area contributed by atoms with Crippen molar-refractivity contribution in [1.82, 2.24) is 9.97 Å². The van der Waals surface area contributed by atoms with Crippen molar-refractivity contribution in [2.45, 2.75) is 19.3 Å². The molecule has 1 aliphatic rings. The Bertz CT molecular complexity index is 3520. The minimum atomic E-state index is -0.149. The van der Waals surface area contributed by atoms with E-state index in [1.165, 1.54) is 44.0 Å². The van der Waals surface area contributed by atoms with Gasteiger partial charge in [0.2, 0.25) is 0 Å². The van der Waals surface area contributed by atoms with Gasteiger partial charge in [-0.25, -0.2) is 9.97 Å². The van der Waals surface area contributed by atoms with Crippen LogP contribution in [0.25, 0.3) is 111 Å². The monoisotopic (exact) mass is 766 g/mol. The fourth-order valence-electron chi connectivity index (χ4n) is 9.56. The van der Waals surface area contributed by atoms with E-state index in [0.29, 0.717) is 5.82 Å². The number of hydrogen-bond donors (Lipinski definition) is 0. The Hall–Kier alpha value is -7.62. The molecule has 9 aromatic carbocycles. The lowest BCUT2D eigenvalue weighted by Gasteiger charge is -2.22. The van der Waals surface area contributed by atoms with Gasteiger partial charge in [0.25, 0.3) is 0 Å². The number of nitrogens with zero attached hydrogens (tertiary/aromatic N) is 2. The number of fused-ring (bicyclic) bond motifs is 8. The third-order valence-electron chi connectivity index (χ3n) is 12.6. The van der Waals surface area contributed by atoms with E-state index in [4.69, 9.17) is 14.4 Å². The van der Waals surface area contributed by atoms with E-state index in [2.05, 4.69) is 190 Å². The Morgan fingerprint density at radius 2 is 1.00 bits per heavy atom. The van der Waals surface area contributed by atoms with E-state index in [1.807, 2.05) is 18.2 Å². The second kappa shape index (κ2) is 13.2. The number of rotatable bonds is 5. The zero-order valence-electron chi connectivity index (χ0n) is 33.3. The molecule has 12 rings (SSSR count). The zero-order valence-corrected chi connectivity index (χ0v) is 33.3. The van der Waals surface area contributed by atoms with Crippen molar-refractivity contribution in [1.29, 1.82) is 0 Å². The SMILES string of the molecule is CC1(C)c2cc3ccccc3cc2-c2c(-c3cc(-c4ccc5cc(-c6cccc(-c7cccc8c7oc7ccccc78)c6)ccc5c4)nc(-c4ccccc4)n3)cccc21. The second-order valence-corrected chi connectivity index (χ2v) is 16.6. The fourth-order valence-corrected chi connectivity index (χ4v) is 9.56. The molecule has 0 saturated carbocycles. The van der Waals surface area contributed by atoms with Crippen LogP contribution in [0.15, 0.2) is 199 Å². The molecule has 0 bridgehead atoms. The van der Waals surface area contributed by atoms with Crippen LogP contribution in [0.1, 0.15) is 25.0 Å². The average Bonchev–Trinajstić information content (AvgIpc) is 3.79. The third-order valence-corrected chi connectivity index (χ3v) is 12.6. The van der Waals surface area contributed by atoms with Gasteiger partial charge < -0.3 is 4.42 Å². The van der Waals surface area contributed by atoms with Crippen molar-refractivity contribution in [3.8, 4) is 67.3 Å². The molecule has 0 amide bonds. The van der Waals surface area contributed by atoms with E-state index in [0.717, 1.165) is 72.1 Å². The molecule has 0 fully saturated rings. The van der Waals surface area contributed by atoms with E-state index in [-0.39, 0.29) is 5.41 Å². The third kappa shape index (κ3) is 5.43. The molecule has 0 spiro atoms. The van der Waals surface area contributed by atoms with Gasteiger partial charge in [0.15, 0.2) is 5.82 Å². The number of benzene rings is 9. The molecule has 60 heavy (non-hydrogen) atoms. The molecular weight excluding hydrogens is 729 g/mol. The number of aromatic nitrogens is 2. The van der Waals surface area contributed by atoms with Crippen LogP contribution in [0.4, 0.5) is 0 Å². The summed E-state index contributed by atoms with van der Waals surface area (Å²) in [4.78, 5) is 10.5. The minimum Gasteiger partial charge on any atom is -0.455 e. The summed E-state index contributed by atoms with van der Waals surface area (Å²) >= 11 is 0. The molecule has 282 valence electrons. The quantitative estimate of drug-likeness (QED) is 0.175. The molecule has 0 saturated heterocycles. The first-order valence-electron chi connectivity index (χ1n) is 20.6. The van der Waals surface area contributed by atoms with Crippen LogP contribution in [0.3, 0.4) is 0 Å². The summed E-state index contributed by atoms with van der Waals surface area (Å²) < 4.78 is 6.40. The zero-order chi connectivity index (χ0) is 40.0. The first-order chi connectivity index (χ1) is 29.5. The van der Waals surface area contributed by atoms with Crippen LogP contribution >= 0.6 is 0 Å². The molecule has 2 heterocycles. The standard InChI is InChI=1S/C57H38N2O/c1-57(2)49-23-12-22-47(54(49)48-32-37-15-6-7-16-38(37)33-50(48)57)52-34-51(58-56(59-52)35-13-4-3-5-14-35)43-28-27-40-29-39(25-26-41(40)31-43)36-17-10-18-42(30-36)44-20-11-21-46-45-19-8-9-24-53(45)60-55(44)46/h3-34H,1-2H3. The van der Waals surface area contributed by atoms with Crippen LogP contribution in [-0.4, -0.2) is 9.97 Å². The maximum atomic E-state index is 6.40. The predicted molar refractivity (Wildman–Crippen MR) is 249 cm³/mol. The van der Waals surface area contributed by atoms with Gasteiger partial charge in [0.1, 0.15) is 11.2 Å². The van der Waals surface area contributed by atoms with Crippen molar-refractivity contribution in [2.24, 2.45) is 0 Å². The molecule has 3 nitrogen and oxygen atoms in total. The highest BCUT2D eigenvalue weighted by Gasteiger charge is 2.37. The summed E-state index contributed by atoms with van der Waals surface area (Å²) in [6.45, 7) is 4.69. The predicted octanol–water partition coefficient (Wildman–Crippen LogP) is 15.3. The molecule has 1 aliphatic carbocycles. The molecular formula is C57H38N2O. The summed E-state index contributed by atoms with van der Waals surface area (Å²) in [7, 11) is 0. The summed E-state index contributed by atoms with van der Waals surface area (Å²) in [5, 5.41) is 7.12. The lowest BCUT2D eigenvalue weighted by Crippen LogP contribution is -2.14. The number of hydrogen-bond acceptors (Lipinski definition) is 3. The van der Waals surface area contributed by atoms with Crippen molar-refractivity contribution >= 4 is 43.5 Å². The molecule has 0 radical (unpaired) electrons. The van der Waals surface area contributed by atoms with Gasteiger partial charge in [-0.15, -0.1) is 0 Å². The number of furan rings is 1. The highest BCUT2D eigenvalue weighted by molar-refractivity contribution is 6.09. The Labute approximate surface area is 348 Å². The summed E-state index contributed by atoms with van der Waals surface area (Å²) in [6.07, 6.45) is 0. The topological polar surface area (TPSA) is 38.9 Å². The van der Waals surface area contributed by atoms with E-state index >= 15 is 0 Å². The van der Waals surface area contributed by atoms with Crippen LogP contribution in [0, 0.1) is 0 Å². The summed E-state index contributed by atoms with van der Waals surface area (Å²) in [5.41, 5.74) is 16.4. The van der Waals surface area contributed by atoms with Crippen molar-refractivity contribution in [3.63, 3.8) is 0 Å². The van der Waals surface area contributed by atoms with Crippen LogP contribution in [0.5, 0.6) is 0 Å². The molecule has 0 atom stereocenters. The second-order valence-electron chi connectivity index (χ2n) is 16.6. The van der Waals surface area contributed by atoms with Crippen molar-refractivity contribution in [2.75, 3.05) is 0 Å². The van der Waals surface area contributed by atoms with E-state index in [9.17, 15) is 0 Å². The fraction of sp³-hybridized carbons (Fsp3) is 0.0526. The minimum absolute atomic E-state index is 0.149. The van der Waals surface area contributed by atoms with Gasteiger partial charge in [-0.2, -0.15) is 0 Å². The molecule has 0 unspecified atom stereocenters. The largest absolute Gasteiger partial charge is 0.455 e. The summed E-state index contributed by atoms with van der Waals surface area (Å²) in [6, 6.07) is 69.5. The smallest absolute Gasteiger partial charge is 0.160 e. The molecule has 2 aromatic heterocycles. The molecule has 0 N–H and O–H groups in total. The van der Waals surface area contributed by atoms with Crippen molar-refractivity contribution < 1.29 is 4.42 Å². The van der Waals surface area contributed by atoms with Crippen LogP contribution in [-0.2, 0) is 5.41 Å². The van der Waals surface area contributed by atoms with Crippen molar-refractivity contribution in [3.05, 3.63) is 205 Å². The summed E-state index contributed by atoms with van der Waals surface area (Å²) in [5.74, 6) is 0.713. The first-order valence-corrected chi connectivity index (χ1v) is 20.6. The van der Waals surface area contributed by atoms with Gasteiger partial charge in [-0.05, 0) is 103 Å². The maximum Gasteiger partial charge on any atom is 0.160 e. The first kappa shape index (κ1) is 34.4. The van der Waals surface area contributed by atoms with Gasteiger partial charge in [-0.3, -0.25) is 0 Å². The van der Waals surface area contributed by atoms with E-state index < -0.39 is 0 Å². The molecule has 11 aromatic rings. The normalized spacial score (nSPS) is 13.0. The Morgan fingerprint density at radius 1 is 0.383 bits per heavy atom. The van der Waals surface area contributed by atoms with Crippen LogP contribution in [0.2, 0.25) is 0 Å². The molecule has 0 aliphatic heterocycles. The Balaban J connectivity index is 0.954. The van der Waals surface area contributed by atoms with Gasteiger partial charge in [0.05, 0.1) is 11.4 Å². The van der Waals surface area contributed by atoms with Gasteiger partial charge in [0, 0.05) is 38.4 Å². The van der Waals surface area contributed by atoms with Gasteiger partial charge in [-0.1, -0.05) is 166 Å².